The summed E-state index contributed by atoms with van der Waals surface area (Å²) >= 11 is 0. The predicted molar refractivity (Wildman–Crippen MR) is 108 cm³/mol. The van der Waals surface area contributed by atoms with E-state index in [1.54, 1.807) is 26.4 Å². The molecule has 5 heteroatoms. The van der Waals surface area contributed by atoms with Crippen LogP contribution in [-0.2, 0) is 4.79 Å². The predicted octanol–water partition coefficient (Wildman–Crippen LogP) is 5.11. The van der Waals surface area contributed by atoms with Crippen LogP contribution in [0.1, 0.15) is 23.8 Å². The third-order valence-electron chi connectivity index (χ3n) is 4.61. The van der Waals surface area contributed by atoms with E-state index in [0.29, 0.717) is 17.2 Å². The normalized spacial score (nSPS) is 11.5. The molecule has 0 aliphatic rings. The first-order valence-electron chi connectivity index (χ1n) is 8.64. The summed E-state index contributed by atoms with van der Waals surface area (Å²) in [4.78, 5) is 12.4. The summed E-state index contributed by atoms with van der Waals surface area (Å²) in [5, 5.41) is 3.87. The zero-order valence-corrected chi connectivity index (χ0v) is 16.2. The average molecular weight is 365 g/mol. The summed E-state index contributed by atoms with van der Waals surface area (Å²) in [6, 6.07) is 11.1. The molecule has 3 aromatic rings. The van der Waals surface area contributed by atoms with E-state index < -0.39 is 0 Å². The van der Waals surface area contributed by atoms with Crippen LogP contribution in [0.5, 0.6) is 11.5 Å². The number of hydrogen-bond acceptors (Lipinski definition) is 4. The van der Waals surface area contributed by atoms with E-state index in [2.05, 4.69) is 5.32 Å². The van der Waals surface area contributed by atoms with E-state index in [1.807, 2.05) is 51.1 Å². The van der Waals surface area contributed by atoms with E-state index in [9.17, 15) is 4.79 Å². The first kappa shape index (κ1) is 18.6. The van der Waals surface area contributed by atoms with Gasteiger partial charge in [0.05, 0.1) is 14.2 Å². The highest BCUT2D eigenvalue weighted by molar-refractivity contribution is 6.04. The fourth-order valence-corrected chi connectivity index (χ4v) is 3.00. The Morgan fingerprint density at radius 3 is 2.59 bits per heavy atom. The second kappa shape index (κ2) is 7.58. The lowest BCUT2D eigenvalue weighted by molar-refractivity contribution is -0.111. The third-order valence-corrected chi connectivity index (χ3v) is 4.61. The second-order valence-corrected chi connectivity index (χ2v) is 6.38. The molecular formula is C22H23NO4. The van der Waals surface area contributed by atoms with E-state index >= 15 is 0 Å². The smallest absolute Gasteiger partial charge is 0.248 e. The molecule has 0 aliphatic heterocycles. The van der Waals surface area contributed by atoms with Gasteiger partial charge in [-0.2, -0.15) is 0 Å². The SMILES string of the molecule is COc1cccc(NC(=O)/C=C(\C)c2cc3c(C)c(C)oc3cc2OC)c1. The van der Waals surface area contributed by atoms with Gasteiger partial charge in [0.2, 0.25) is 5.91 Å². The summed E-state index contributed by atoms with van der Waals surface area (Å²) in [7, 11) is 3.20. The molecule has 2 aromatic carbocycles. The van der Waals surface area contributed by atoms with Crippen molar-refractivity contribution in [1.82, 2.24) is 0 Å². The van der Waals surface area contributed by atoms with Gasteiger partial charge in [0.25, 0.3) is 0 Å². The number of nitrogens with one attached hydrogen (secondary N) is 1. The monoisotopic (exact) mass is 365 g/mol. The van der Waals surface area contributed by atoms with Gasteiger partial charge in [-0.3, -0.25) is 4.79 Å². The highest BCUT2D eigenvalue weighted by Gasteiger charge is 2.14. The van der Waals surface area contributed by atoms with E-state index in [4.69, 9.17) is 13.9 Å². The number of allylic oxidation sites excluding steroid dienone is 1. The lowest BCUT2D eigenvalue weighted by Gasteiger charge is -2.10. The number of methoxy groups -OCH3 is 2. The Bertz CT molecular complexity index is 1030. The molecule has 1 amide bonds. The molecule has 0 unspecified atom stereocenters. The largest absolute Gasteiger partial charge is 0.497 e. The van der Waals surface area contributed by atoms with Crippen LogP contribution >= 0.6 is 0 Å². The van der Waals surface area contributed by atoms with Crippen LogP contribution in [0, 0.1) is 13.8 Å². The molecule has 0 atom stereocenters. The van der Waals surface area contributed by atoms with Gasteiger partial charge in [-0.1, -0.05) is 6.07 Å². The van der Waals surface area contributed by atoms with Crippen molar-refractivity contribution in [1.29, 1.82) is 0 Å². The lowest BCUT2D eigenvalue weighted by atomic mass is 10.0. The van der Waals surface area contributed by atoms with Crippen LogP contribution < -0.4 is 14.8 Å². The second-order valence-electron chi connectivity index (χ2n) is 6.38. The molecule has 1 aromatic heterocycles. The van der Waals surface area contributed by atoms with E-state index in [0.717, 1.165) is 33.4 Å². The number of fused-ring (bicyclic) bond motifs is 1. The molecule has 3 rings (SSSR count). The summed E-state index contributed by atoms with van der Waals surface area (Å²) < 4.78 is 16.5. The number of aryl methyl sites for hydroxylation is 2. The van der Waals surface area contributed by atoms with Gasteiger partial charge < -0.3 is 19.2 Å². The molecule has 0 bridgehead atoms. The number of amides is 1. The Balaban J connectivity index is 1.92. The number of furan rings is 1. The average Bonchev–Trinajstić information content (AvgIpc) is 2.94. The molecule has 0 saturated heterocycles. The lowest BCUT2D eigenvalue weighted by Crippen LogP contribution is -2.08. The highest BCUT2D eigenvalue weighted by Crippen LogP contribution is 2.34. The van der Waals surface area contributed by atoms with E-state index in [1.165, 1.54) is 0 Å². The van der Waals surface area contributed by atoms with Crippen molar-refractivity contribution in [3.05, 3.63) is 59.4 Å². The fourth-order valence-electron chi connectivity index (χ4n) is 3.00. The summed E-state index contributed by atoms with van der Waals surface area (Å²) in [6.45, 7) is 5.84. The van der Waals surface area contributed by atoms with Gasteiger partial charge in [0, 0.05) is 34.8 Å². The first-order chi connectivity index (χ1) is 12.9. The quantitative estimate of drug-likeness (QED) is 0.638. The topological polar surface area (TPSA) is 60.7 Å². The maximum absolute atomic E-state index is 12.4. The van der Waals surface area contributed by atoms with Crippen LogP contribution in [0.15, 0.2) is 46.9 Å². The molecular weight excluding hydrogens is 342 g/mol. The van der Waals surface area contributed by atoms with Crippen molar-refractivity contribution in [2.45, 2.75) is 20.8 Å². The summed E-state index contributed by atoms with van der Waals surface area (Å²) in [5.41, 5.74) is 4.19. The van der Waals surface area contributed by atoms with Crippen molar-refractivity contribution in [2.24, 2.45) is 0 Å². The molecule has 0 fully saturated rings. The Hall–Kier alpha value is -3.21. The maximum atomic E-state index is 12.4. The Labute approximate surface area is 158 Å². The first-order valence-corrected chi connectivity index (χ1v) is 8.64. The minimum Gasteiger partial charge on any atom is -0.497 e. The third kappa shape index (κ3) is 3.82. The number of carbonyl (C=O) groups is 1. The van der Waals surface area contributed by atoms with Crippen molar-refractivity contribution in [3.63, 3.8) is 0 Å². The minimum absolute atomic E-state index is 0.219. The van der Waals surface area contributed by atoms with Crippen LogP contribution in [0.2, 0.25) is 0 Å². The highest BCUT2D eigenvalue weighted by atomic mass is 16.5. The number of hydrogen-bond donors (Lipinski definition) is 1. The molecule has 140 valence electrons. The van der Waals surface area contributed by atoms with Gasteiger partial charge >= 0.3 is 0 Å². The molecule has 0 aliphatic carbocycles. The van der Waals surface area contributed by atoms with Gasteiger partial charge in [-0.25, -0.2) is 0 Å². The zero-order valence-electron chi connectivity index (χ0n) is 16.2. The fraction of sp³-hybridized carbons (Fsp3) is 0.227. The number of ether oxygens (including phenoxy) is 2. The standard InChI is InChI=1S/C22H23NO4/c1-13(9-22(24)23-16-7-6-8-17(10-16)25-4)18-11-19-14(2)15(3)27-21(19)12-20(18)26-5/h6-12H,1-5H3,(H,23,24)/b13-9+. The Kier molecular flexibility index (Phi) is 5.21. The Morgan fingerprint density at radius 2 is 1.89 bits per heavy atom. The zero-order chi connectivity index (χ0) is 19.6. The molecule has 0 radical (unpaired) electrons. The Morgan fingerprint density at radius 1 is 1.11 bits per heavy atom. The molecule has 5 nitrogen and oxygen atoms in total. The number of carbonyl (C=O) groups excluding carboxylic acids is 1. The van der Waals surface area contributed by atoms with Crippen molar-refractivity contribution in [3.8, 4) is 11.5 Å². The van der Waals surface area contributed by atoms with Crippen LogP contribution in [0.4, 0.5) is 5.69 Å². The van der Waals surface area contributed by atoms with Gasteiger partial charge in [-0.15, -0.1) is 0 Å². The van der Waals surface area contributed by atoms with Crippen molar-refractivity contribution >= 4 is 28.1 Å². The van der Waals surface area contributed by atoms with Crippen LogP contribution in [0.3, 0.4) is 0 Å². The number of benzene rings is 2. The summed E-state index contributed by atoms with van der Waals surface area (Å²) in [6.07, 6.45) is 1.56. The number of anilines is 1. The van der Waals surface area contributed by atoms with Crippen molar-refractivity contribution in [2.75, 3.05) is 19.5 Å². The molecule has 27 heavy (non-hydrogen) atoms. The van der Waals surface area contributed by atoms with Gasteiger partial charge in [0.1, 0.15) is 22.8 Å². The number of rotatable bonds is 5. The summed E-state index contributed by atoms with van der Waals surface area (Å²) in [5.74, 6) is 2.01. The molecule has 1 heterocycles. The van der Waals surface area contributed by atoms with Gasteiger partial charge in [0.15, 0.2) is 0 Å². The van der Waals surface area contributed by atoms with E-state index in [-0.39, 0.29) is 5.91 Å². The molecule has 0 saturated carbocycles. The maximum Gasteiger partial charge on any atom is 0.248 e. The molecule has 1 N–H and O–H groups in total. The molecule has 0 spiro atoms. The minimum atomic E-state index is -0.219. The van der Waals surface area contributed by atoms with Crippen molar-refractivity contribution < 1.29 is 18.7 Å². The van der Waals surface area contributed by atoms with Crippen LogP contribution in [0.25, 0.3) is 16.5 Å². The van der Waals surface area contributed by atoms with Gasteiger partial charge in [-0.05, 0) is 50.1 Å². The van der Waals surface area contributed by atoms with Crippen LogP contribution in [-0.4, -0.2) is 20.1 Å².